The number of benzene rings is 1. The molecule has 1 aliphatic rings. The minimum Gasteiger partial charge on any atom is -0.479 e. The van der Waals surface area contributed by atoms with Crippen molar-refractivity contribution in [2.45, 2.75) is 12.8 Å². The Morgan fingerprint density at radius 2 is 1.84 bits per heavy atom. The maximum Gasteiger partial charge on any atom is 0.318 e. The van der Waals surface area contributed by atoms with Crippen LogP contribution in [0, 0.1) is 0 Å². The zero-order chi connectivity index (χ0) is 13.4. The van der Waals surface area contributed by atoms with Crippen LogP contribution in [0.25, 0.3) is 16.8 Å². The van der Waals surface area contributed by atoms with Gasteiger partial charge in [-0.3, -0.25) is 9.59 Å². The monoisotopic (exact) mass is 257 g/mol. The summed E-state index contributed by atoms with van der Waals surface area (Å²) < 4.78 is 6.06. The number of allylic oxidation sites excluding steroid dienone is 2. The average molecular weight is 257 g/mol. The van der Waals surface area contributed by atoms with E-state index in [1.807, 2.05) is 6.07 Å². The zero-order valence-electron chi connectivity index (χ0n) is 10.00. The number of nitrogens with zero attached hydrogens (tertiary/aromatic N) is 1. The molecule has 0 unspecified atom stereocenters. The molecule has 1 heterocycles. The van der Waals surface area contributed by atoms with Crippen LogP contribution in [-0.2, 0) is 4.79 Å². The Morgan fingerprint density at radius 3 is 2.47 bits per heavy atom. The highest BCUT2D eigenvalue weighted by atomic mass is 16.6. The van der Waals surface area contributed by atoms with Gasteiger partial charge >= 0.3 is 5.95 Å². The van der Waals surface area contributed by atoms with E-state index in [-0.39, 0.29) is 11.3 Å². The molecule has 0 saturated carbocycles. The first-order chi connectivity index (χ1) is 9.16. The summed E-state index contributed by atoms with van der Waals surface area (Å²) in [6.07, 6.45) is 2.18. The Balaban J connectivity index is 2.15. The minimum absolute atomic E-state index is 0.0425. The third kappa shape index (κ3) is 1.89. The fraction of sp³-hybridized carbons (Fsp3) is 0.143. The highest BCUT2D eigenvalue weighted by molar-refractivity contribution is 5.98. The SMILES string of the molecule is O=C1C=C(n2oc(O)c(-c3ccccc3)c2=O)CC1. The number of carbonyl (C=O) groups is 1. The summed E-state index contributed by atoms with van der Waals surface area (Å²) in [5, 5.41) is 9.79. The van der Waals surface area contributed by atoms with Gasteiger partial charge < -0.3 is 9.63 Å². The fourth-order valence-corrected chi connectivity index (χ4v) is 2.15. The summed E-state index contributed by atoms with van der Waals surface area (Å²) in [5.74, 6) is -0.476. The molecule has 5 heteroatoms. The van der Waals surface area contributed by atoms with Crippen LogP contribution >= 0.6 is 0 Å². The fourth-order valence-electron chi connectivity index (χ4n) is 2.15. The third-order valence-corrected chi connectivity index (χ3v) is 3.07. The summed E-state index contributed by atoms with van der Waals surface area (Å²) >= 11 is 0. The lowest BCUT2D eigenvalue weighted by molar-refractivity contribution is -0.114. The number of carbonyl (C=O) groups excluding carboxylic acids is 1. The molecule has 3 rings (SSSR count). The predicted octanol–water partition coefficient (Wildman–Crippen LogP) is 2.02. The first-order valence-electron chi connectivity index (χ1n) is 5.91. The molecule has 2 aromatic rings. The van der Waals surface area contributed by atoms with Crippen LogP contribution in [-0.4, -0.2) is 15.6 Å². The molecule has 5 nitrogen and oxygen atoms in total. The molecule has 0 radical (unpaired) electrons. The second-order valence-corrected chi connectivity index (χ2v) is 4.34. The van der Waals surface area contributed by atoms with Crippen LogP contribution in [0.2, 0.25) is 0 Å². The third-order valence-electron chi connectivity index (χ3n) is 3.07. The lowest BCUT2D eigenvalue weighted by Crippen LogP contribution is -2.14. The highest BCUT2D eigenvalue weighted by Crippen LogP contribution is 2.29. The molecule has 0 fully saturated rings. The lowest BCUT2D eigenvalue weighted by Gasteiger charge is -1.96. The van der Waals surface area contributed by atoms with Crippen LogP contribution in [0.15, 0.2) is 45.7 Å². The van der Waals surface area contributed by atoms with Crippen molar-refractivity contribution >= 4 is 11.5 Å². The molecule has 0 spiro atoms. The predicted molar refractivity (Wildman–Crippen MR) is 68.6 cm³/mol. The van der Waals surface area contributed by atoms with Crippen LogP contribution in [0.3, 0.4) is 0 Å². The van der Waals surface area contributed by atoms with E-state index in [4.69, 9.17) is 4.52 Å². The van der Waals surface area contributed by atoms with Gasteiger partial charge in [0.15, 0.2) is 5.78 Å². The number of rotatable bonds is 2. The summed E-state index contributed by atoms with van der Waals surface area (Å²) in [5.41, 5.74) is 0.718. The van der Waals surface area contributed by atoms with Gasteiger partial charge in [0.1, 0.15) is 5.56 Å². The van der Waals surface area contributed by atoms with Gasteiger partial charge in [-0.1, -0.05) is 30.3 Å². The molecule has 0 bridgehead atoms. The molecule has 1 aromatic heterocycles. The van der Waals surface area contributed by atoms with Gasteiger partial charge in [-0.05, 0) is 12.0 Å². The standard InChI is InChI=1S/C14H11NO4/c16-11-7-6-10(8-11)15-13(17)12(14(18)19-15)9-4-2-1-3-5-9/h1-5,8,18H,6-7H2. The van der Waals surface area contributed by atoms with Gasteiger partial charge in [0.05, 0.1) is 5.70 Å². The lowest BCUT2D eigenvalue weighted by atomic mass is 10.1. The van der Waals surface area contributed by atoms with Crippen molar-refractivity contribution in [2.75, 3.05) is 0 Å². The van der Waals surface area contributed by atoms with Crippen LogP contribution in [0.4, 0.5) is 0 Å². The smallest absolute Gasteiger partial charge is 0.318 e. The molecule has 0 aliphatic heterocycles. The molecule has 96 valence electrons. The molecule has 0 saturated heterocycles. The normalized spacial score (nSPS) is 14.7. The highest BCUT2D eigenvalue weighted by Gasteiger charge is 2.23. The van der Waals surface area contributed by atoms with Gasteiger partial charge in [-0.15, -0.1) is 4.74 Å². The van der Waals surface area contributed by atoms with Crippen molar-refractivity contribution in [1.29, 1.82) is 0 Å². The van der Waals surface area contributed by atoms with Crippen LogP contribution in [0.1, 0.15) is 12.8 Å². The van der Waals surface area contributed by atoms with Gasteiger partial charge in [0.2, 0.25) is 0 Å². The Morgan fingerprint density at radius 1 is 1.11 bits per heavy atom. The number of aromatic hydroxyl groups is 1. The Kier molecular flexibility index (Phi) is 2.59. The molecular formula is C14H11NO4. The molecule has 0 amide bonds. The Hall–Kier alpha value is -2.56. The van der Waals surface area contributed by atoms with E-state index in [2.05, 4.69) is 0 Å². The van der Waals surface area contributed by atoms with Crippen molar-refractivity contribution in [3.63, 3.8) is 0 Å². The van der Waals surface area contributed by atoms with Crippen molar-refractivity contribution in [3.8, 4) is 17.1 Å². The van der Waals surface area contributed by atoms with Crippen molar-refractivity contribution in [2.24, 2.45) is 0 Å². The molecule has 0 atom stereocenters. The zero-order valence-corrected chi connectivity index (χ0v) is 10.00. The Bertz CT molecular complexity index is 722. The molecule has 1 N–H and O–H groups in total. The van der Waals surface area contributed by atoms with Gasteiger partial charge in [0.25, 0.3) is 5.56 Å². The van der Waals surface area contributed by atoms with Crippen LogP contribution < -0.4 is 5.56 Å². The average Bonchev–Trinajstić information content (AvgIpc) is 2.95. The minimum atomic E-state index is -0.454. The maximum absolute atomic E-state index is 12.2. The molecule has 1 aliphatic carbocycles. The second kappa shape index (κ2) is 4.28. The van der Waals surface area contributed by atoms with Crippen molar-refractivity contribution in [3.05, 3.63) is 46.8 Å². The quantitative estimate of drug-likeness (QED) is 0.893. The molecular weight excluding hydrogens is 246 g/mol. The van der Waals surface area contributed by atoms with E-state index in [1.54, 1.807) is 24.3 Å². The van der Waals surface area contributed by atoms with E-state index >= 15 is 0 Å². The number of ketones is 1. The number of aromatic nitrogens is 1. The van der Waals surface area contributed by atoms with E-state index in [0.29, 0.717) is 24.1 Å². The van der Waals surface area contributed by atoms with Gasteiger partial charge in [-0.25, -0.2) is 0 Å². The molecule has 19 heavy (non-hydrogen) atoms. The van der Waals surface area contributed by atoms with E-state index < -0.39 is 11.5 Å². The number of hydrogen-bond donors (Lipinski definition) is 1. The van der Waals surface area contributed by atoms with Gasteiger partial charge in [0, 0.05) is 12.5 Å². The van der Waals surface area contributed by atoms with E-state index in [1.165, 1.54) is 6.08 Å². The summed E-state index contributed by atoms with van der Waals surface area (Å²) in [6.45, 7) is 0. The van der Waals surface area contributed by atoms with E-state index in [0.717, 1.165) is 4.74 Å². The summed E-state index contributed by atoms with van der Waals surface area (Å²) in [6, 6.07) is 8.78. The first-order valence-corrected chi connectivity index (χ1v) is 5.91. The van der Waals surface area contributed by atoms with Gasteiger partial charge in [-0.2, -0.15) is 0 Å². The Labute approximate surface area is 108 Å². The molecule has 1 aromatic carbocycles. The van der Waals surface area contributed by atoms with Crippen molar-refractivity contribution < 1.29 is 14.4 Å². The number of hydrogen-bond acceptors (Lipinski definition) is 4. The topological polar surface area (TPSA) is 72.4 Å². The summed E-state index contributed by atoms with van der Waals surface area (Å²) in [4.78, 5) is 23.4. The largest absolute Gasteiger partial charge is 0.479 e. The van der Waals surface area contributed by atoms with Crippen molar-refractivity contribution in [1.82, 2.24) is 4.74 Å². The van der Waals surface area contributed by atoms with E-state index in [9.17, 15) is 14.7 Å². The maximum atomic E-state index is 12.2. The first kappa shape index (κ1) is 11.5. The van der Waals surface area contributed by atoms with Crippen LogP contribution in [0.5, 0.6) is 5.95 Å². The summed E-state index contributed by atoms with van der Waals surface area (Å²) in [7, 11) is 0. The second-order valence-electron chi connectivity index (χ2n) is 4.34.